The zero-order valence-corrected chi connectivity index (χ0v) is 21.1. The van der Waals surface area contributed by atoms with Crippen LogP contribution in [0.25, 0.3) is 10.2 Å². The maximum Gasteiger partial charge on any atom is 0.407 e. The summed E-state index contributed by atoms with van der Waals surface area (Å²) in [6.07, 6.45) is -0.976. The minimum atomic E-state index is -1.02. The van der Waals surface area contributed by atoms with E-state index in [4.69, 9.17) is 4.74 Å². The Hall–Kier alpha value is -3.17. The Morgan fingerprint density at radius 2 is 1.77 bits per heavy atom. The van der Waals surface area contributed by atoms with Crippen LogP contribution in [0.4, 0.5) is 9.59 Å². The number of ether oxygens (including phenoxy) is 1. The number of benzene rings is 2. The van der Waals surface area contributed by atoms with E-state index in [1.807, 2.05) is 75.4 Å². The van der Waals surface area contributed by atoms with Crippen molar-refractivity contribution in [3.05, 3.63) is 65.2 Å². The van der Waals surface area contributed by atoms with Crippen molar-refractivity contribution in [1.82, 2.24) is 15.2 Å². The molecule has 0 aliphatic heterocycles. The number of fused-ring (bicyclic) bond motifs is 1. The van der Waals surface area contributed by atoms with Crippen LogP contribution in [0.1, 0.15) is 56.7 Å². The second kappa shape index (κ2) is 12.0. The van der Waals surface area contributed by atoms with Crippen molar-refractivity contribution in [3.63, 3.8) is 0 Å². The van der Waals surface area contributed by atoms with E-state index >= 15 is 0 Å². The number of unbranched alkanes of at least 4 members (excludes halogenated alkanes) is 1. The average molecular weight is 500 g/mol. The molecule has 1 aromatic heterocycles. The number of thiazole rings is 1. The Morgan fingerprint density at radius 3 is 2.43 bits per heavy atom. The lowest BCUT2D eigenvalue weighted by atomic mass is 10.0. The van der Waals surface area contributed by atoms with Crippen LogP contribution in [0.3, 0.4) is 0 Å². The molecule has 3 N–H and O–H groups in total. The molecule has 188 valence electrons. The SMILES string of the molecule is CC(C)(C)N(CCCC[C@H](NC(=O)OCc1ccccc1)C(O)c1nc2ccccc2s1)C(=O)O. The van der Waals surface area contributed by atoms with Gasteiger partial charge in [-0.3, -0.25) is 0 Å². The molecule has 8 nitrogen and oxygen atoms in total. The first-order valence-electron chi connectivity index (χ1n) is 11.7. The molecule has 2 amide bonds. The van der Waals surface area contributed by atoms with Gasteiger partial charge in [-0.2, -0.15) is 0 Å². The molecule has 0 aliphatic rings. The minimum absolute atomic E-state index is 0.121. The zero-order chi connectivity index (χ0) is 25.4. The number of carbonyl (C=O) groups excluding carboxylic acids is 1. The van der Waals surface area contributed by atoms with Crippen LogP contribution >= 0.6 is 11.3 Å². The molecule has 1 heterocycles. The van der Waals surface area contributed by atoms with Gasteiger partial charge in [-0.1, -0.05) is 42.5 Å². The van der Waals surface area contributed by atoms with Crippen molar-refractivity contribution in [3.8, 4) is 0 Å². The molecule has 0 radical (unpaired) electrons. The van der Waals surface area contributed by atoms with E-state index in [9.17, 15) is 19.8 Å². The van der Waals surface area contributed by atoms with E-state index in [1.165, 1.54) is 16.2 Å². The number of hydrogen-bond acceptors (Lipinski definition) is 6. The highest BCUT2D eigenvalue weighted by atomic mass is 32.1. The van der Waals surface area contributed by atoms with Gasteiger partial charge in [0.2, 0.25) is 0 Å². The number of rotatable bonds is 10. The van der Waals surface area contributed by atoms with Crippen LogP contribution in [0.5, 0.6) is 0 Å². The van der Waals surface area contributed by atoms with Gasteiger partial charge < -0.3 is 25.2 Å². The Labute approximate surface area is 209 Å². The number of alkyl carbamates (subject to hydrolysis) is 1. The highest BCUT2D eigenvalue weighted by Gasteiger charge is 2.28. The summed E-state index contributed by atoms with van der Waals surface area (Å²) in [6, 6.07) is 16.3. The number of aliphatic hydroxyl groups excluding tert-OH is 1. The zero-order valence-electron chi connectivity index (χ0n) is 20.3. The summed E-state index contributed by atoms with van der Waals surface area (Å²) in [4.78, 5) is 30.1. The first-order valence-corrected chi connectivity index (χ1v) is 12.5. The van der Waals surface area contributed by atoms with E-state index in [2.05, 4.69) is 10.3 Å². The van der Waals surface area contributed by atoms with Crippen molar-refractivity contribution in [1.29, 1.82) is 0 Å². The van der Waals surface area contributed by atoms with Crippen LogP contribution in [0, 0.1) is 0 Å². The van der Waals surface area contributed by atoms with Crippen molar-refractivity contribution >= 4 is 33.7 Å². The van der Waals surface area contributed by atoms with E-state index in [0.717, 1.165) is 15.8 Å². The molecule has 3 rings (SSSR count). The highest BCUT2D eigenvalue weighted by Crippen LogP contribution is 2.29. The van der Waals surface area contributed by atoms with Gasteiger partial charge >= 0.3 is 12.2 Å². The van der Waals surface area contributed by atoms with Crippen molar-refractivity contribution < 1.29 is 24.5 Å². The second-order valence-corrected chi connectivity index (χ2v) is 10.4. The fraction of sp³-hybridized carbons (Fsp3) is 0.423. The average Bonchev–Trinajstić information content (AvgIpc) is 3.25. The van der Waals surface area contributed by atoms with Gasteiger partial charge in [0.1, 0.15) is 17.7 Å². The maximum atomic E-state index is 12.5. The Bertz CT molecular complexity index is 1080. The fourth-order valence-corrected chi connectivity index (χ4v) is 4.79. The second-order valence-electron chi connectivity index (χ2n) is 9.38. The number of aliphatic hydroxyl groups is 1. The first kappa shape index (κ1) is 26.4. The lowest BCUT2D eigenvalue weighted by Gasteiger charge is -2.33. The molecule has 0 saturated carbocycles. The lowest BCUT2D eigenvalue weighted by molar-refractivity contribution is 0.0921. The Morgan fingerprint density at radius 1 is 1.09 bits per heavy atom. The Balaban J connectivity index is 1.65. The van der Waals surface area contributed by atoms with Crippen molar-refractivity contribution in [2.75, 3.05) is 6.54 Å². The third-order valence-electron chi connectivity index (χ3n) is 5.65. The van der Waals surface area contributed by atoms with E-state index in [1.54, 1.807) is 0 Å². The van der Waals surface area contributed by atoms with Gasteiger partial charge in [0, 0.05) is 12.1 Å². The van der Waals surface area contributed by atoms with Gasteiger partial charge in [-0.15, -0.1) is 11.3 Å². The molecule has 9 heteroatoms. The largest absolute Gasteiger partial charge is 0.465 e. The van der Waals surface area contributed by atoms with Gasteiger partial charge in [0.25, 0.3) is 0 Å². The minimum Gasteiger partial charge on any atom is -0.465 e. The van der Waals surface area contributed by atoms with Crippen LogP contribution in [-0.2, 0) is 11.3 Å². The number of carboxylic acid groups (broad SMARTS) is 1. The topological polar surface area (TPSA) is 112 Å². The molecule has 0 fully saturated rings. The summed E-state index contributed by atoms with van der Waals surface area (Å²) in [5.41, 5.74) is 1.15. The van der Waals surface area contributed by atoms with Gasteiger partial charge in [0.15, 0.2) is 0 Å². The Kier molecular flexibility index (Phi) is 9.06. The molecule has 0 aliphatic carbocycles. The van der Waals surface area contributed by atoms with E-state index < -0.39 is 29.9 Å². The fourth-order valence-electron chi connectivity index (χ4n) is 3.77. The van der Waals surface area contributed by atoms with Crippen molar-refractivity contribution in [2.24, 2.45) is 0 Å². The van der Waals surface area contributed by atoms with Gasteiger partial charge in [-0.05, 0) is 57.7 Å². The number of nitrogens with one attached hydrogen (secondary N) is 1. The van der Waals surface area contributed by atoms with Crippen molar-refractivity contribution in [2.45, 2.75) is 64.3 Å². The number of carbonyl (C=O) groups is 2. The molecule has 3 aromatic rings. The molecule has 2 atom stereocenters. The summed E-state index contributed by atoms with van der Waals surface area (Å²) in [5, 5.41) is 23.9. The summed E-state index contributed by atoms with van der Waals surface area (Å²) >= 11 is 1.38. The third kappa shape index (κ3) is 7.66. The third-order valence-corrected chi connectivity index (χ3v) is 6.76. The van der Waals surface area contributed by atoms with E-state index in [0.29, 0.717) is 30.8 Å². The smallest absolute Gasteiger partial charge is 0.407 e. The molecule has 35 heavy (non-hydrogen) atoms. The number of hydrogen-bond donors (Lipinski definition) is 3. The molecule has 1 unspecified atom stereocenters. The predicted octanol–water partition coefficient (Wildman–Crippen LogP) is 5.57. The number of para-hydroxylation sites is 1. The van der Waals surface area contributed by atoms with Gasteiger partial charge in [-0.25, -0.2) is 14.6 Å². The lowest BCUT2D eigenvalue weighted by Crippen LogP contribution is -2.45. The number of aromatic nitrogens is 1. The molecule has 2 aromatic carbocycles. The molecule has 0 bridgehead atoms. The molecular formula is C26H33N3O5S. The molecule has 0 saturated heterocycles. The van der Waals surface area contributed by atoms with Crippen LogP contribution in [0.2, 0.25) is 0 Å². The molecular weight excluding hydrogens is 466 g/mol. The van der Waals surface area contributed by atoms with E-state index in [-0.39, 0.29) is 6.61 Å². The predicted molar refractivity (Wildman–Crippen MR) is 136 cm³/mol. The molecule has 0 spiro atoms. The summed E-state index contributed by atoms with van der Waals surface area (Å²) in [5.74, 6) is 0. The van der Waals surface area contributed by atoms with Gasteiger partial charge in [0.05, 0.1) is 16.3 Å². The standard InChI is InChI=1S/C26H33N3O5S/c1-26(2,3)29(25(32)33)16-10-9-14-20(28-24(31)34-17-18-11-5-4-6-12-18)22(30)23-27-19-13-7-8-15-21(19)35-23/h4-8,11-13,15,20,22,30H,9-10,14,16-17H2,1-3H3,(H,28,31)(H,32,33)/t20-,22?/m0/s1. The number of nitrogens with zero attached hydrogens (tertiary/aromatic N) is 2. The monoisotopic (exact) mass is 499 g/mol. The first-order chi connectivity index (χ1) is 16.6. The number of amides is 2. The normalized spacial score (nSPS) is 13.3. The highest BCUT2D eigenvalue weighted by molar-refractivity contribution is 7.18. The van der Waals surface area contributed by atoms with Crippen LogP contribution in [-0.4, -0.2) is 50.4 Å². The van der Waals surface area contributed by atoms with Crippen LogP contribution in [0.15, 0.2) is 54.6 Å². The summed E-state index contributed by atoms with van der Waals surface area (Å²) in [6.45, 7) is 6.04. The van der Waals surface area contributed by atoms with Crippen LogP contribution < -0.4 is 5.32 Å². The summed E-state index contributed by atoms with van der Waals surface area (Å²) < 4.78 is 6.31. The maximum absolute atomic E-state index is 12.5. The quantitative estimate of drug-likeness (QED) is 0.314. The summed E-state index contributed by atoms with van der Waals surface area (Å²) in [7, 11) is 0.